The summed E-state index contributed by atoms with van der Waals surface area (Å²) in [5.74, 6) is 1.98. The van der Waals surface area contributed by atoms with Crippen molar-refractivity contribution in [3.05, 3.63) is 199 Å². The first kappa shape index (κ1) is 40.6. The zero-order valence-electron chi connectivity index (χ0n) is 45.0. The molecule has 0 bridgehead atoms. The van der Waals surface area contributed by atoms with Crippen molar-refractivity contribution >= 4 is 44.6 Å². The van der Waals surface area contributed by atoms with Crippen LogP contribution in [0.25, 0.3) is 49.9 Å². The van der Waals surface area contributed by atoms with E-state index in [0.29, 0.717) is 22.7 Å². The Labute approximate surface area is 424 Å². The Hall–Kier alpha value is -6.42. The summed E-state index contributed by atoms with van der Waals surface area (Å²) in [6, 6.07) is 47.2. The van der Waals surface area contributed by atoms with Crippen molar-refractivity contribution in [3.63, 3.8) is 0 Å². The molecule has 3 heterocycles. The van der Waals surface area contributed by atoms with Gasteiger partial charge in [0.1, 0.15) is 5.82 Å². The summed E-state index contributed by atoms with van der Waals surface area (Å²) in [6.07, 6.45) is 5.65. The molecule has 0 saturated heterocycles. The number of rotatable bonds is 11. The molecule has 1 aliphatic heterocycles. The van der Waals surface area contributed by atoms with E-state index in [0.717, 1.165) is 87.2 Å². The topological polar surface area (TPSA) is 33.5 Å². The van der Waals surface area contributed by atoms with Crippen LogP contribution in [0.1, 0.15) is 97.3 Å². The minimum absolute atomic E-state index is 0. The third kappa shape index (κ3) is 8.90. The van der Waals surface area contributed by atoms with E-state index < -0.39 is 6.04 Å². The predicted molar refractivity (Wildman–Crippen MR) is 280 cm³/mol. The Kier molecular flexibility index (Phi) is 11.3. The number of para-hydroxylation sites is 3. The second-order valence-electron chi connectivity index (χ2n) is 19.6. The maximum absolute atomic E-state index is 9.15. The van der Waals surface area contributed by atoms with Crippen LogP contribution < -0.4 is 14.5 Å². The average molecular weight is 1080 g/mol. The van der Waals surface area contributed by atoms with Gasteiger partial charge in [0.15, 0.2) is 0 Å². The maximum atomic E-state index is 9.15. The van der Waals surface area contributed by atoms with E-state index in [1.54, 1.807) is 0 Å². The van der Waals surface area contributed by atoms with Gasteiger partial charge in [0.2, 0.25) is 0 Å². The molecule has 0 radical (unpaired) electrons. The molecule has 5 nitrogen and oxygen atoms in total. The minimum atomic E-state index is -0.433. The largest absolute Gasteiger partial charge is 0.509 e. The molecule has 1 aliphatic rings. The number of aryl methyl sites for hydroxylation is 2. The van der Waals surface area contributed by atoms with E-state index in [1.165, 1.54) is 16.5 Å². The van der Waals surface area contributed by atoms with Crippen molar-refractivity contribution < 1.29 is 32.7 Å². The molecule has 10 rings (SSSR count). The Morgan fingerprint density at radius 2 is 1.34 bits per heavy atom. The van der Waals surface area contributed by atoms with Crippen LogP contribution in [0.5, 0.6) is 11.5 Å². The molecule has 2 aromatic heterocycles. The summed E-state index contributed by atoms with van der Waals surface area (Å²) in [7, 11) is 0. The SMILES string of the molecule is [2H]c1c([2H])c([2H])c(-c2cccc(-c3cccc(C(C)(C)C)c3)c2N2[CH-]N(c3[c-]c(Oc4[c-]c5c(cc4CCC)c4cc(CCC)ccc4n5-c4cc(C(C)(C)C)ccn4)ccc3)c3ccccc32)c([2H])c1[2H].[Pt]. The molecular weight excluding hydrogens is 1010 g/mol. The fraction of sp³-hybridized carbons (Fsp3) is 0.226. The van der Waals surface area contributed by atoms with Gasteiger partial charge in [-0.2, -0.15) is 12.1 Å². The normalized spacial score (nSPS) is 13.7. The van der Waals surface area contributed by atoms with Crippen LogP contribution in [0.4, 0.5) is 22.7 Å². The van der Waals surface area contributed by atoms with Crippen molar-refractivity contribution in [1.82, 2.24) is 9.55 Å². The molecule has 0 saturated carbocycles. The van der Waals surface area contributed by atoms with E-state index in [4.69, 9.17) is 16.6 Å². The number of hydrogen-bond donors (Lipinski definition) is 0. The summed E-state index contributed by atoms with van der Waals surface area (Å²) in [4.78, 5) is 9.08. The van der Waals surface area contributed by atoms with Crippen molar-refractivity contribution in [2.45, 2.75) is 91.9 Å². The molecule has 68 heavy (non-hydrogen) atoms. The van der Waals surface area contributed by atoms with Crippen LogP contribution in [0, 0.1) is 18.8 Å². The molecule has 9 aromatic rings. The van der Waals surface area contributed by atoms with Gasteiger partial charge in [-0.15, -0.1) is 47.6 Å². The number of nitrogens with zero attached hydrogens (tertiary/aromatic N) is 4. The van der Waals surface area contributed by atoms with Gasteiger partial charge in [-0.3, -0.25) is 0 Å². The van der Waals surface area contributed by atoms with Gasteiger partial charge in [0.25, 0.3) is 0 Å². The maximum Gasteiger partial charge on any atom is 0.135 e. The number of fused-ring (bicyclic) bond motifs is 4. The van der Waals surface area contributed by atoms with Gasteiger partial charge in [0.05, 0.1) is 6.85 Å². The first-order valence-electron chi connectivity index (χ1n) is 26.0. The fourth-order valence-corrected chi connectivity index (χ4v) is 9.30. The quantitative estimate of drug-likeness (QED) is 0.121. The molecule has 0 atom stereocenters. The van der Waals surface area contributed by atoms with Crippen molar-refractivity contribution in [2.24, 2.45) is 0 Å². The van der Waals surface area contributed by atoms with Crippen LogP contribution in [-0.4, -0.2) is 9.55 Å². The Bertz CT molecular complexity index is 3550. The van der Waals surface area contributed by atoms with Gasteiger partial charge < -0.3 is 19.1 Å². The van der Waals surface area contributed by atoms with E-state index in [9.17, 15) is 0 Å². The van der Waals surface area contributed by atoms with Crippen LogP contribution >= 0.6 is 0 Å². The zero-order chi connectivity index (χ0) is 50.8. The van der Waals surface area contributed by atoms with Crippen LogP contribution in [-0.2, 0) is 44.7 Å². The van der Waals surface area contributed by atoms with E-state index in [1.807, 2.05) is 67.5 Å². The third-order valence-electron chi connectivity index (χ3n) is 12.8. The smallest absolute Gasteiger partial charge is 0.135 e. The Morgan fingerprint density at radius 1 is 0.647 bits per heavy atom. The van der Waals surface area contributed by atoms with Crippen molar-refractivity contribution in [3.8, 4) is 39.6 Å². The number of benzene rings is 7. The number of aromatic nitrogens is 2. The van der Waals surface area contributed by atoms with Crippen molar-refractivity contribution in [2.75, 3.05) is 9.80 Å². The number of hydrogen-bond acceptors (Lipinski definition) is 4. The van der Waals surface area contributed by atoms with Crippen LogP contribution in [0.3, 0.4) is 0 Å². The molecular formula is C62H59N4OPt-3. The van der Waals surface area contributed by atoms with E-state index in [2.05, 4.69) is 149 Å². The molecule has 0 spiro atoms. The van der Waals surface area contributed by atoms with Gasteiger partial charge in [0, 0.05) is 72.5 Å². The number of pyridine rings is 1. The Morgan fingerprint density at radius 3 is 2.07 bits per heavy atom. The molecule has 0 aliphatic carbocycles. The summed E-state index contributed by atoms with van der Waals surface area (Å²) in [5.41, 5.74) is 12.0. The second kappa shape index (κ2) is 18.9. The third-order valence-corrected chi connectivity index (χ3v) is 12.8. The van der Waals surface area contributed by atoms with E-state index in [-0.39, 0.29) is 61.6 Å². The summed E-state index contributed by atoms with van der Waals surface area (Å²) < 4.78 is 53.3. The predicted octanol–water partition coefficient (Wildman–Crippen LogP) is 16.8. The fourth-order valence-electron chi connectivity index (χ4n) is 9.30. The van der Waals surface area contributed by atoms with Gasteiger partial charge in [-0.05, 0) is 80.8 Å². The zero-order valence-corrected chi connectivity index (χ0v) is 42.3. The van der Waals surface area contributed by atoms with Gasteiger partial charge >= 0.3 is 0 Å². The Balaban J connectivity index is 0.00000656. The van der Waals surface area contributed by atoms with Gasteiger partial charge in [-0.1, -0.05) is 177 Å². The molecule has 0 fully saturated rings. The molecule has 0 N–H and O–H groups in total. The molecule has 6 heteroatoms. The average Bonchev–Trinajstić information content (AvgIpc) is 3.90. The first-order chi connectivity index (χ1) is 34.5. The first-order valence-corrected chi connectivity index (χ1v) is 23.5. The molecule has 0 amide bonds. The summed E-state index contributed by atoms with van der Waals surface area (Å²) >= 11 is 0. The van der Waals surface area contributed by atoms with Crippen LogP contribution in [0.15, 0.2) is 158 Å². The van der Waals surface area contributed by atoms with Gasteiger partial charge in [-0.25, -0.2) is 4.98 Å². The standard InChI is InChI=1S/C62H59N4O.Pt/c1-9-19-42-31-32-54-52(35-42)53-37-45(20-10-2)58(40-57(53)66(54)59-38-47(33-34-63-59)62(6,7)8)67-49-26-17-25-48(39-49)64-41-65(56-30-15-14-29-55(56)64)60-50(43-21-12-11-13-22-43)27-18-28-51(60)44-23-16-24-46(36-44)61(3,4)5;/h11-18,21-38,41H,9-10,19-20H2,1-8H3;/q-3;/i11D,12D,13D,21D,22D;. The monoisotopic (exact) mass is 1080 g/mol. The summed E-state index contributed by atoms with van der Waals surface area (Å²) in [5, 5.41) is 2.27. The van der Waals surface area contributed by atoms with Crippen molar-refractivity contribution in [1.29, 1.82) is 0 Å². The molecule has 7 aromatic carbocycles. The molecule has 0 unspecified atom stereocenters. The molecule has 346 valence electrons. The van der Waals surface area contributed by atoms with Crippen LogP contribution in [0.2, 0.25) is 0 Å². The summed E-state index contributed by atoms with van der Waals surface area (Å²) in [6.45, 7) is 19.6. The number of anilines is 4. The van der Waals surface area contributed by atoms with E-state index >= 15 is 0 Å². The second-order valence-corrected chi connectivity index (χ2v) is 19.6. The minimum Gasteiger partial charge on any atom is -0.509 e. The number of ether oxygens (including phenoxy) is 1.